The zero-order chi connectivity index (χ0) is 18.8. The van der Waals surface area contributed by atoms with Gasteiger partial charge in [0.25, 0.3) is 5.56 Å². The van der Waals surface area contributed by atoms with Crippen LogP contribution in [0.1, 0.15) is 10.4 Å². The Labute approximate surface area is 154 Å². The monoisotopic (exact) mass is 364 g/mol. The average molecular weight is 364 g/mol. The Balaban J connectivity index is 1.60. The van der Waals surface area contributed by atoms with Crippen molar-refractivity contribution >= 4 is 5.78 Å². The van der Waals surface area contributed by atoms with Gasteiger partial charge in [-0.3, -0.25) is 9.59 Å². The third-order valence-electron chi connectivity index (χ3n) is 4.24. The van der Waals surface area contributed by atoms with E-state index in [9.17, 15) is 9.59 Å². The molecule has 0 aliphatic carbocycles. The van der Waals surface area contributed by atoms with Crippen molar-refractivity contribution in [2.24, 2.45) is 0 Å². The van der Waals surface area contributed by atoms with Crippen molar-refractivity contribution in [2.45, 2.75) is 6.54 Å². The SMILES string of the molecule is COc1ccc(C(=O)Cn2nc(-c3ccc4c(c3)OCO4)ccc2=O)cc1. The lowest BCUT2D eigenvalue weighted by Crippen LogP contribution is -2.26. The summed E-state index contributed by atoms with van der Waals surface area (Å²) < 4.78 is 16.9. The van der Waals surface area contributed by atoms with Gasteiger partial charge in [-0.1, -0.05) is 0 Å². The van der Waals surface area contributed by atoms with Crippen LogP contribution in [-0.4, -0.2) is 29.5 Å². The predicted molar refractivity (Wildman–Crippen MR) is 97.4 cm³/mol. The van der Waals surface area contributed by atoms with Crippen molar-refractivity contribution in [3.63, 3.8) is 0 Å². The highest BCUT2D eigenvalue weighted by molar-refractivity contribution is 5.95. The Morgan fingerprint density at radius 2 is 1.85 bits per heavy atom. The van der Waals surface area contributed by atoms with Gasteiger partial charge in [0.15, 0.2) is 17.3 Å². The van der Waals surface area contributed by atoms with Crippen LogP contribution in [0.25, 0.3) is 11.3 Å². The van der Waals surface area contributed by atoms with Crippen LogP contribution in [0.15, 0.2) is 59.4 Å². The molecule has 0 fully saturated rings. The Morgan fingerprint density at radius 1 is 1.07 bits per heavy atom. The van der Waals surface area contributed by atoms with E-state index in [2.05, 4.69) is 5.10 Å². The molecule has 1 aromatic heterocycles. The van der Waals surface area contributed by atoms with Crippen molar-refractivity contribution in [3.05, 3.63) is 70.5 Å². The summed E-state index contributed by atoms with van der Waals surface area (Å²) in [5.74, 6) is 1.74. The van der Waals surface area contributed by atoms with Crippen LogP contribution in [-0.2, 0) is 6.54 Å². The number of fused-ring (bicyclic) bond motifs is 1. The summed E-state index contributed by atoms with van der Waals surface area (Å²) in [5.41, 5.74) is 1.47. The quantitative estimate of drug-likeness (QED) is 0.647. The number of ether oxygens (including phenoxy) is 3. The first-order valence-electron chi connectivity index (χ1n) is 8.29. The number of hydrogen-bond donors (Lipinski definition) is 0. The van der Waals surface area contributed by atoms with Crippen LogP contribution >= 0.6 is 0 Å². The largest absolute Gasteiger partial charge is 0.497 e. The summed E-state index contributed by atoms with van der Waals surface area (Å²) in [5, 5.41) is 4.33. The van der Waals surface area contributed by atoms with Crippen LogP contribution in [0.5, 0.6) is 17.2 Å². The van der Waals surface area contributed by atoms with Crippen molar-refractivity contribution in [1.29, 1.82) is 0 Å². The molecule has 0 atom stereocenters. The van der Waals surface area contributed by atoms with Gasteiger partial charge >= 0.3 is 0 Å². The molecular formula is C20H16N2O5. The Kier molecular flexibility index (Phi) is 4.33. The van der Waals surface area contributed by atoms with Crippen LogP contribution in [0.4, 0.5) is 0 Å². The number of nitrogens with zero attached hydrogens (tertiary/aromatic N) is 2. The molecule has 27 heavy (non-hydrogen) atoms. The normalized spacial score (nSPS) is 12.0. The maximum atomic E-state index is 12.5. The number of hydrogen-bond acceptors (Lipinski definition) is 6. The molecule has 4 rings (SSSR count). The van der Waals surface area contributed by atoms with Gasteiger partial charge in [0.2, 0.25) is 6.79 Å². The molecule has 0 unspecified atom stereocenters. The lowest BCUT2D eigenvalue weighted by atomic mass is 10.1. The highest BCUT2D eigenvalue weighted by Crippen LogP contribution is 2.35. The molecule has 0 saturated carbocycles. The molecule has 7 heteroatoms. The Hall–Kier alpha value is -3.61. The fraction of sp³-hybridized carbons (Fsp3) is 0.150. The minimum absolute atomic E-state index is 0.149. The molecule has 7 nitrogen and oxygen atoms in total. The van der Waals surface area contributed by atoms with E-state index in [1.165, 1.54) is 6.07 Å². The fourth-order valence-corrected chi connectivity index (χ4v) is 2.78. The number of ketones is 1. The number of benzene rings is 2. The number of methoxy groups -OCH3 is 1. The molecule has 1 aliphatic heterocycles. The number of aromatic nitrogens is 2. The van der Waals surface area contributed by atoms with E-state index < -0.39 is 0 Å². The van der Waals surface area contributed by atoms with E-state index in [1.54, 1.807) is 49.6 Å². The molecular weight excluding hydrogens is 348 g/mol. The van der Waals surface area contributed by atoms with Gasteiger partial charge in [-0.15, -0.1) is 0 Å². The van der Waals surface area contributed by atoms with Crippen molar-refractivity contribution in [2.75, 3.05) is 13.9 Å². The number of carbonyl (C=O) groups is 1. The summed E-state index contributed by atoms with van der Waals surface area (Å²) >= 11 is 0. The van der Waals surface area contributed by atoms with Gasteiger partial charge < -0.3 is 14.2 Å². The van der Waals surface area contributed by atoms with Crippen LogP contribution < -0.4 is 19.8 Å². The van der Waals surface area contributed by atoms with Gasteiger partial charge in [-0.25, -0.2) is 4.68 Å². The first kappa shape index (κ1) is 16.8. The second-order valence-electron chi connectivity index (χ2n) is 5.93. The van der Waals surface area contributed by atoms with E-state index in [-0.39, 0.29) is 24.7 Å². The number of carbonyl (C=O) groups excluding carboxylic acids is 1. The Morgan fingerprint density at radius 3 is 2.63 bits per heavy atom. The molecule has 0 amide bonds. The molecule has 136 valence electrons. The van der Waals surface area contributed by atoms with E-state index in [1.807, 2.05) is 6.07 Å². The van der Waals surface area contributed by atoms with E-state index in [0.717, 1.165) is 10.2 Å². The lowest BCUT2D eigenvalue weighted by Gasteiger charge is -2.08. The molecule has 3 aromatic rings. The second-order valence-corrected chi connectivity index (χ2v) is 5.93. The predicted octanol–water partition coefficient (Wildman–Crippen LogP) is 2.53. The first-order chi connectivity index (χ1) is 13.1. The third kappa shape index (κ3) is 3.39. The summed E-state index contributed by atoms with van der Waals surface area (Å²) in [6.45, 7) is 0.0334. The summed E-state index contributed by atoms with van der Waals surface area (Å²) in [6.07, 6.45) is 0. The molecule has 0 radical (unpaired) electrons. The number of Topliss-reactive ketones (excluding diaryl/α,β-unsaturated/α-hetero) is 1. The van der Waals surface area contributed by atoms with Gasteiger partial charge in [0.1, 0.15) is 12.3 Å². The van der Waals surface area contributed by atoms with E-state index in [4.69, 9.17) is 14.2 Å². The molecule has 0 saturated heterocycles. The average Bonchev–Trinajstić information content (AvgIpc) is 3.17. The van der Waals surface area contributed by atoms with Crippen molar-refractivity contribution in [3.8, 4) is 28.5 Å². The minimum Gasteiger partial charge on any atom is -0.497 e. The fourth-order valence-electron chi connectivity index (χ4n) is 2.78. The lowest BCUT2D eigenvalue weighted by molar-refractivity contribution is 0.0966. The maximum Gasteiger partial charge on any atom is 0.267 e. The van der Waals surface area contributed by atoms with Gasteiger partial charge in [-0.05, 0) is 48.5 Å². The first-order valence-corrected chi connectivity index (χ1v) is 8.29. The van der Waals surface area contributed by atoms with Crippen LogP contribution in [0.2, 0.25) is 0 Å². The van der Waals surface area contributed by atoms with E-state index >= 15 is 0 Å². The van der Waals surface area contributed by atoms with Gasteiger partial charge in [0, 0.05) is 17.2 Å². The topological polar surface area (TPSA) is 79.7 Å². The minimum atomic E-state index is -0.346. The summed E-state index contributed by atoms with van der Waals surface area (Å²) in [7, 11) is 1.56. The molecule has 1 aliphatic rings. The standard InChI is InChI=1S/C20H16N2O5/c1-25-15-5-2-13(3-6-15)17(23)11-22-20(24)9-7-16(21-22)14-4-8-18-19(10-14)27-12-26-18/h2-10H,11-12H2,1H3. The highest BCUT2D eigenvalue weighted by Gasteiger charge is 2.15. The van der Waals surface area contributed by atoms with Crippen LogP contribution in [0.3, 0.4) is 0 Å². The van der Waals surface area contributed by atoms with Gasteiger partial charge in [0.05, 0.1) is 12.8 Å². The zero-order valence-electron chi connectivity index (χ0n) is 14.5. The molecule has 2 heterocycles. The third-order valence-corrected chi connectivity index (χ3v) is 4.24. The van der Waals surface area contributed by atoms with Crippen molar-refractivity contribution in [1.82, 2.24) is 9.78 Å². The maximum absolute atomic E-state index is 12.5. The van der Waals surface area contributed by atoms with Gasteiger partial charge in [-0.2, -0.15) is 5.10 Å². The van der Waals surface area contributed by atoms with E-state index in [0.29, 0.717) is 28.5 Å². The number of rotatable bonds is 5. The summed E-state index contributed by atoms with van der Waals surface area (Å²) in [4.78, 5) is 24.6. The molecule has 0 N–H and O–H groups in total. The smallest absolute Gasteiger partial charge is 0.267 e. The second kappa shape index (κ2) is 6.95. The summed E-state index contributed by atoms with van der Waals surface area (Å²) in [6, 6.07) is 15.2. The molecule has 2 aromatic carbocycles. The Bertz CT molecular complexity index is 1060. The molecule has 0 spiro atoms. The molecule has 0 bridgehead atoms. The zero-order valence-corrected chi connectivity index (χ0v) is 14.5. The van der Waals surface area contributed by atoms with Crippen molar-refractivity contribution < 1.29 is 19.0 Å². The highest BCUT2D eigenvalue weighted by atomic mass is 16.7. The van der Waals surface area contributed by atoms with Crippen LogP contribution in [0, 0.1) is 0 Å².